The van der Waals surface area contributed by atoms with E-state index in [1.807, 2.05) is 25.1 Å². The average Bonchev–Trinajstić information content (AvgIpc) is 2.51. The number of nitrogens with zero attached hydrogens (tertiary/aromatic N) is 2. The number of methoxy groups -OCH3 is 1. The van der Waals surface area contributed by atoms with E-state index in [-0.39, 0.29) is 5.57 Å². The minimum Gasteiger partial charge on any atom is -0.495 e. The van der Waals surface area contributed by atoms with Crippen LogP contribution in [0.3, 0.4) is 0 Å². The number of amides is 1. The van der Waals surface area contributed by atoms with Crippen LogP contribution in [0.25, 0.3) is 0 Å². The molecule has 24 heavy (non-hydrogen) atoms. The Morgan fingerprint density at radius 1 is 1.38 bits per heavy atom. The number of hydrogen-bond acceptors (Lipinski definition) is 4. The van der Waals surface area contributed by atoms with E-state index in [2.05, 4.69) is 24.1 Å². The van der Waals surface area contributed by atoms with Gasteiger partial charge in [-0.1, -0.05) is 19.9 Å². The van der Waals surface area contributed by atoms with E-state index < -0.39 is 5.91 Å². The molecule has 5 nitrogen and oxygen atoms in total. The van der Waals surface area contributed by atoms with Gasteiger partial charge in [-0.3, -0.25) is 4.79 Å². The van der Waals surface area contributed by atoms with Gasteiger partial charge in [0.2, 0.25) is 0 Å². The summed E-state index contributed by atoms with van der Waals surface area (Å²) in [7, 11) is 1.55. The highest BCUT2D eigenvalue weighted by Crippen LogP contribution is 2.26. The van der Waals surface area contributed by atoms with Gasteiger partial charge in [-0.25, -0.2) is 0 Å². The van der Waals surface area contributed by atoms with Gasteiger partial charge in [0, 0.05) is 19.3 Å². The van der Waals surface area contributed by atoms with Crippen molar-refractivity contribution in [3.05, 3.63) is 35.5 Å². The van der Waals surface area contributed by atoms with Crippen LogP contribution >= 0.6 is 0 Å². The summed E-state index contributed by atoms with van der Waals surface area (Å²) in [6.45, 7) is 8.07. The Hall–Kier alpha value is -2.48. The number of carbonyl (C=O) groups excluding carboxylic acids is 1. The highest BCUT2D eigenvalue weighted by molar-refractivity contribution is 6.07. The quantitative estimate of drug-likeness (QED) is 0.680. The fourth-order valence-corrected chi connectivity index (χ4v) is 3.25. The number of anilines is 1. The number of nitriles is 1. The summed E-state index contributed by atoms with van der Waals surface area (Å²) in [4.78, 5) is 14.5. The van der Waals surface area contributed by atoms with Crippen molar-refractivity contribution in [2.45, 2.75) is 27.2 Å². The topological polar surface area (TPSA) is 65.4 Å². The fourth-order valence-electron chi connectivity index (χ4n) is 3.25. The normalized spacial score (nSPS) is 21.1. The molecule has 0 aromatic heterocycles. The van der Waals surface area contributed by atoms with Crippen molar-refractivity contribution in [2.24, 2.45) is 11.8 Å². The number of hydrogen-bond donors (Lipinski definition) is 1. The van der Waals surface area contributed by atoms with Crippen molar-refractivity contribution < 1.29 is 9.53 Å². The summed E-state index contributed by atoms with van der Waals surface area (Å²) in [5.41, 5.74) is 1.69. The number of aryl methyl sites for hydroxylation is 1. The maximum absolute atomic E-state index is 12.5. The van der Waals surface area contributed by atoms with Gasteiger partial charge in [-0.15, -0.1) is 0 Å². The number of ether oxygens (including phenoxy) is 1. The van der Waals surface area contributed by atoms with Crippen molar-refractivity contribution in [2.75, 3.05) is 25.5 Å². The van der Waals surface area contributed by atoms with Gasteiger partial charge in [-0.05, 0) is 42.9 Å². The first-order chi connectivity index (χ1) is 11.4. The second-order valence-corrected chi connectivity index (χ2v) is 6.71. The Bertz CT molecular complexity index is 666. The largest absolute Gasteiger partial charge is 0.495 e. The number of carbonyl (C=O) groups is 1. The predicted molar refractivity (Wildman–Crippen MR) is 94.6 cm³/mol. The van der Waals surface area contributed by atoms with Crippen LogP contribution in [-0.4, -0.2) is 31.0 Å². The second kappa shape index (κ2) is 7.87. The zero-order valence-electron chi connectivity index (χ0n) is 14.8. The van der Waals surface area contributed by atoms with E-state index in [0.29, 0.717) is 23.3 Å². The molecule has 1 aromatic rings. The lowest BCUT2D eigenvalue weighted by Crippen LogP contribution is -2.35. The molecular weight excluding hydrogens is 302 g/mol. The number of benzene rings is 1. The average molecular weight is 327 g/mol. The van der Waals surface area contributed by atoms with Gasteiger partial charge >= 0.3 is 0 Å². The molecular formula is C19H25N3O2. The monoisotopic (exact) mass is 327 g/mol. The van der Waals surface area contributed by atoms with Crippen LogP contribution in [0.15, 0.2) is 30.0 Å². The molecule has 2 unspecified atom stereocenters. The molecule has 0 radical (unpaired) electrons. The van der Waals surface area contributed by atoms with E-state index in [9.17, 15) is 10.1 Å². The molecule has 128 valence electrons. The third-order valence-corrected chi connectivity index (χ3v) is 4.18. The molecule has 0 bridgehead atoms. The molecule has 1 amide bonds. The highest BCUT2D eigenvalue weighted by atomic mass is 16.5. The molecule has 1 aromatic carbocycles. The van der Waals surface area contributed by atoms with Crippen molar-refractivity contribution in [3.8, 4) is 11.8 Å². The molecule has 0 saturated carbocycles. The molecule has 5 heteroatoms. The number of likely N-dealkylation sites (tertiary alicyclic amines) is 1. The zero-order chi connectivity index (χ0) is 17.7. The summed E-state index contributed by atoms with van der Waals surface area (Å²) in [5, 5.41) is 12.2. The molecule has 1 aliphatic heterocycles. The van der Waals surface area contributed by atoms with Gasteiger partial charge < -0.3 is 15.0 Å². The minimum absolute atomic E-state index is 0.111. The summed E-state index contributed by atoms with van der Waals surface area (Å²) in [5.74, 6) is 1.29. The van der Waals surface area contributed by atoms with E-state index in [1.165, 1.54) is 6.42 Å². The smallest absolute Gasteiger partial charge is 0.267 e. The van der Waals surface area contributed by atoms with Crippen LogP contribution < -0.4 is 10.1 Å². The van der Waals surface area contributed by atoms with E-state index in [1.54, 1.807) is 19.4 Å². The predicted octanol–water partition coefficient (Wildman–Crippen LogP) is 3.33. The van der Waals surface area contributed by atoms with Crippen LogP contribution in [0, 0.1) is 30.1 Å². The summed E-state index contributed by atoms with van der Waals surface area (Å²) >= 11 is 0. The molecule has 1 aliphatic rings. The maximum atomic E-state index is 12.5. The van der Waals surface area contributed by atoms with Gasteiger partial charge in [0.1, 0.15) is 17.4 Å². The molecule has 1 fully saturated rings. The van der Waals surface area contributed by atoms with Crippen molar-refractivity contribution in [1.82, 2.24) is 4.90 Å². The van der Waals surface area contributed by atoms with Crippen molar-refractivity contribution >= 4 is 11.6 Å². The third kappa shape index (κ3) is 4.51. The van der Waals surface area contributed by atoms with Gasteiger partial charge in [0.05, 0.1) is 12.8 Å². The number of rotatable bonds is 4. The number of piperidine rings is 1. The third-order valence-electron chi connectivity index (χ3n) is 4.18. The van der Waals surface area contributed by atoms with Gasteiger partial charge in [0.25, 0.3) is 5.91 Å². The lowest BCUT2D eigenvalue weighted by atomic mass is 9.92. The lowest BCUT2D eigenvalue weighted by molar-refractivity contribution is -0.112. The molecule has 1 heterocycles. The first kappa shape index (κ1) is 17.9. The van der Waals surface area contributed by atoms with Gasteiger partial charge in [-0.2, -0.15) is 5.26 Å². The second-order valence-electron chi connectivity index (χ2n) is 6.71. The molecule has 1 N–H and O–H groups in total. The standard InChI is InChI=1S/C19H25N3O2/c1-13-5-6-18(24-4)17(8-13)21-19(23)16(9-20)12-22-10-14(2)7-15(3)11-22/h5-6,8,12,14-15H,7,10-11H2,1-4H3,(H,21,23)/b16-12-. The Kier molecular flexibility index (Phi) is 5.86. The van der Waals surface area contributed by atoms with Crippen molar-refractivity contribution in [1.29, 1.82) is 5.26 Å². The minimum atomic E-state index is -0.410. The van der Waals surface area contributed by atoms with Crippen LogP contribution in [0.1, 0.15) is 25.8 Å². The lowest BCUT2D eigenvalue weighted by Gasteiger charge is -2.34. The molecule has 2 rings (SSSR count). The van der Waals surface area contributed by atoms with Crippen molar-refractivity contribution in [3.63, 3.8) is 0 Å². The van der Waals surface area contributed by atoms with Gasteiger partial charge in [0.15, 0.2) is 0 Å². The first-order valence-electron chi connectivity index (χ1n) is 8.25. The molecule has 0 aliphatic carbocycles. The zero-order valence-corrected chi connectivity index (χ0v) is 14.8. The summed E-state index contributed by atoms with van der Waals surface area (Å²) in [6, 6.07) is 7.56. The Labute approximate surface area is 143 Å². The molecule has 1 saturated heterocycles. The van der Waals surface area contributed by atoms with Crippen LogP contribution in [0.4, 0.5) is 5.69 Å². The van der Waals surface area contributed by atoms with E-state index >= 15 is 0 Å². The first-order valence-corrected chi connectivity index (χ1v) is 8.25. The Morgan fingerprint density at radius 3 is 2.62 bits per heavy atom. The van der Waals surface area contributed by atoms with Crippen LogP contribution in [-0.2, 0) is 4.79 Å². The SMILES string of the molecule is COc1ccc(C)cc1NC(=O)/C(C#N)=C\N1CC(C)CC(C)C1. The molecule has 2 atom stereocenters. The highest BCUT2D eigenvalue weighted by Gasteiger charge is 2.21. The van der Waals surface area contributed by atoms with E-state index in [4.69, 9.17) is 4.74 Å². The van der Waals surface area contributed by atoms with E-state index in [0.717, 1.165) is 18.7 Å². The van der Waals surface area contributed by atoms with Crippen LogP contribution in [0.2, 0.25) is 0 Å². The Balaban J connectivity index is 2.16. The fraction of sp³-hybridized carbons (Fsp3) is 0.474. The molecule has 0 spiro atoms. The number of nitrogens with one attached hydrogen (secondary N) is 1. The van der Waals surface area contributed by atoms with Crippen LogP contribution in [0.5, 0.6) is 5.75 Å². The summed E-state index contributed by atoms with van der Waals surface area (Å²) in [6.07, 6.45) is 2.86. The summed E-state index contributed by atoms with van der Waals surface area (Å²) < 4.78 is 5.27. The Morgan fingerprint density at radius 2 is 2.04 bits per heavy atom. The maximum Gasteiger partial charge on any atom is 0.267 e.